The quantitative estimate of drug-likeness (QED) is 0.766. The third kappa shape index (κ3) is 1.32. The number of methoxy groups -OCH3 is 1. The van der Waals surface area contributed by atoms with Crippen molar-refractivity contribution in [2.24, 2.45) is 0 Å². The van der Waals surface area contributed by atoms with E-state index in [0.717, 1.165) is 25.3 Å². The molecule has 3 heteroatoms. The highest BCUT2D eigenvalue weighted by molar-refractivity contribution is 5.89. The van der Waals surface area contributed by atoms with Crippen molar-refractivity contribution in [3.05, 3.63) is 29.0 Å². The van der Waals surface area contributed by atoms with E-state index >= 15 is 0 Å². The number of benzene rings is 1. The van der Waals surface area contributed by atoms with Gasteiger partial charge in [-0.05, 0) is 43.1 Å². The molecule has 16 heavy (non-hydrogen) atoms. The Labute approximate surface area is 94.8 Å². The topological polar surface area (TPSA) is 37.0 Å². The molecule has 1 aliphatic heterocycles. The van der Waals surface area contributed by atoms with Crippen LogP contribution in [0.25, 0.3) is 10.9 Å². The standard InChI is InChI=1S/C13H16N2O/c1-8-5-9(16-2)6-11-10-3-4-14-7-12(10)15-13(8)11/h5-6,14-15H,3-4,7H2,1-2H3. The van der Waals surface area contributed by atoms with Gasteiger partial charge in [-0.1, -0.05) is 0 Å². The Hall–Kier alpha value is -1.48. The van der Waals surface area contributed by atoms with Crippen molar-refractivity contribution in [3.63, 3.8) is 0 Å². The molecule has 2 N–H and O–H groups in total. The number of aromatic nitrogens is 1. The van der Waals surface area contributed by atoms with Crippen LogP contribution < -0.4 is 10.1 Å². The minimum Gasteiger partial charge on any atom is -0.497 e. The molecule has 2 aromatic rings. The number of hydrogen-bond acceptors (Lipinski definition) is 2. The number of aromatic amines is 1. The van der Waals surface area contributed by atoms with Crippen LogP contribution >= 0.6 is 0 Å². The number of nitrogens with one attached hydrogen (secondary N) is 2. The molecule has 0 radical (unpaired) electrons. The zero-order valence-electron chi connectivity index (χ0n) is 9.68. The lowest BCUT2D eigenvalue weighted by molar-refractivity contribution is 0.415. The molecule has 1 aromatic heterocycles. The zero-order valence-corrected chi connectivity index (χ0v) is 9.68. The molecule has 0 spiro atoms. The Morgan fingerprint density at radius 1 is 1.31 bits per heavy atom. The van der Waals surface area contributed by atoms with Gasteiger partial charge >= 0.3 is 0 Å². The van der Waals surface area contributed by atoms with Gasteiger partial charge in [-0.3, -0.25) is 0 Å². The maximum Gasteiger partial charge on any atom is 0.119 e. The van der Waals surface area contributed by atoms with Crippen LogP contribution in [0.4, 0.5) is 0 Å². The normalized spacial score (nSPS) is 15.1. The van der Waals surface area contributed by atoms with Gasteiger partial charge in [0.25, 0.3) is 0 Å². The molecule has 1 aliphatic rings. The van der Waals surface area contributed by atoms with Crippen LogP contribution in [0.2, 0.25) is 0 Å². The largest absolute Gasteiger partial charge is 0.497 e. The molecule has 2 heterocycles. The fraction of sp³-hybridized carbons (Fsp3) is 0.385. The SMILES string of the molecule is COc1cc(C)c2[nH]c3c(c2c1)CCNC3. The Balaban J connectivity index is 2.30. The minimum atomic E-state index is 0.949. The first kappa shape index (κ1) is 9.73. The van der Waals surface area contributed by atoms with Crippen LogP contribution in [0.5, 0.6) is 5.75 Å². The second kappa shape index (κ2) is 3.52. The molecule has 1 aromatic carbocycles. The average Bonchev–Trinajstić information content (AvgIpc) is 2.68. The van der Waals surface area contributed by atoms with Crippen molar-refractivity contribution >= 4 is 10.9 Å². The Morgan fingerprint density at radius 3 is 3.00 bits per heavy atom. The molecule has 3 nitrogen and oxygen atoms in total. The van der Waals surface area contributed by atoms with E-state index < -0.39 is 0 Å². The molecule has 0 bridgehead atoms. The van der Waals surface area contributed by atoms with E-state index in [1.807, 2.05) is 0 Å². The summed E-state index contributed by atoms with van der Waals surface area (Å²) in [6, 6.07) is 4.22. The van der Waals surface area contributed by atoms with E-state index in [0.29, 0.717) is 0 Å². The van der Waals surface area contributed by atoms with E-state index in [2.05, 4.69) is 29.4 Å². The van der Waals surface area contributed by atoms with Crippen molar-refractivity contribution in [3.8, 4) is 5.75 Å². The summed E-state index contributed by atoms with van der Waals surface area (Å²) in [4.78, 5) is 3.52. The van der Waals surface area contributed by atoms with Gasteiger partial charge in [-0.15, -0.1) is 0 Å². The predicted molar refractivity (Wildman–Crippen MR) is 65.0 cm³/mol. The van der Waals surface area contributed by atoms with Crippen molar-refractivity contribution in [2.75, 3.05) is 13.7 Å². The van der Waals surface area contributed by atoms with Gasteiger partial charge in [-0.2, -0.15) is 0 Å². The minimum absolute atomic E-state index is 0.949. The van der Waals surface area contributed by atoms with Crippen molar-refractivity contribution in [1.29, 1.82) is 0 Å². The number of ether oxygens (including phenoxy) is 1. The van der Waals surface area contributed by atoms with E-state index in [1.165, 1.54) is 27.7 Å². The van der Waals surface area contributed by atoms with Crippen molar-refractivity contribution < 1.29 is 4.74 Å². The molecule has 0 atom stereocenters. The lowest BCUT2D eigenvalue weighted by Crippen LogP contribution is -2.22. The van der Waals surface area contributed by atoms with Crippen LogP contribution in [0.3, 0.4) is 0 Å². The molecule has 0 saturated carbocycles. The average molecular weight is 216 g/mol. The molecular weight excluding hydrogens is 200 g/mol. The van der Waals surface area contributed by atoms with Crippen LogP contribution in [0, 0.1) is 6.92 Å². The van der Waals surface area contributed by atoms with E-state index in [4.69, 9.17) is 4.74 Å². The van der Waals surface area contributed by atoms with Gasteiger partial charge in [-0.25, -0.2) is 0 Å². The lowest BCUT2D eigenvalue weighted by atomic mass is 10.0. The van der Waals surface area contributed by atoms with Gasteiger partial charge in [0, 0.05) is 23.1 Å². The first-order valence-corrected chi connectivity index (χ1v) is 5.68. The third-order valence-electron chi connectivity index (χ3n) is 3.36. The molecule has 84 valence electrons. The van der Waals surface area contributed by atoms with Gasteiger partial charge in [0.15, 0.2) is 0 Å². The lowest BCUT2D eigenvalue weighted by Gasteiger charge is -2.12. The van der Waals surface area contributed by atoms with Crippen LogP contribution in [0.1, 0.15) is 16.8 Å². The molecule has 0 fully saturated rings. The molecular formula is C13H16N2O. The smallest absolute Gasteiger partial charge is 0.119 e. The summed E-state index contributed by atoms with van der Waals surface area (Å²) in [6.45, 7) is 4.14. The zero-order chi connectivity index (χ0) is 11.1. The maximum absolute atomic E-state index is 5.33. The first-order valence-electron chi connectivity index (χ1n) is 5.68. The number of fused-ring (bicyclic) bond motifs is 3. The second-order valence-electron chi connectivity index (χ2n) is 4.38. The highest BCUT2D eigenvalue weighted by atomic mass is 16.5. The van der Waals surface area contributed by atoms with Crippen LogP contribution in [0.15, 0.2) is 12.1 Å². The number of rotatable bonds is 1. The summed E-state index contributed by atoms with van der Waals surface area (Å²) in [6.07, 6.45) is 1.10. The first-order chi connectivity index (χ1) is 7.79. The molecule has 0 saturated heterocycles. The van der Waals surface area contributed by atoms with Gasteiger partial charge in [0.05, 0.1) is 7.11 Å². The van der Waals surface area contributed by atoms with E-state index in [-0.39, 0.29) is 0 Å². The summed E-state index contributed by atoms with van der Waals surface area (Å²) in [5.41, 5.74) is 5.30. The summed E-state index contributed by atoms with van der Waals surface area (Å²) in [5.74, 6) is 0.949. The Kier molecular flexibility index (Phi) is 2.14. The molecule has 3 rings (SSSR count). The summed E-state index contributed by atoms with van der Waals surface area (Å²) in [7, 11) is 1.72. The van der Waals surface area contributed by atoms with Crippen molar-refractivity contribution in [1.82, 2.24) is 10.3 Å². The predicted octanol–water partition coefficient (Wildman–Crippen LogP) is 2.13. The van der Waals surface area contributed by atoms with Crippen LogP contribution in [-0.2, 0) is 13.0 Å². The highest BCUT2D eigenvalue weighted by Crippen LogP contribution is 2.30. The van der Waals surface area contributed by atoms with Gasteiger partial charge < -0.3 is 15.0 Å². The van der Waals surface area contributed by atoms with Crippen molar-refractivity contribution in [2.45, 2.75) is 19.9 Å². The number of H-pyrrole nitrogens is 1. The van der Waals surface area contributed by atoms with Crippen LogP contribution in [-0.4, -0.2) is 18.6 Å². The fourth-order valence-corrected chi connectivity index (χ4v) is 2.53. The Bertz CT molecular complexity index is 542. The molecule has 0 aliphatic carbocycles. The number of hydrogen-bond donors (Lipinski definition) is 2. The molecule has 0 unspecified atom stereocenters. The maximum atomic E-state index is 5.33. The van der Waals surface area contributed by atoms with Gasteiger partial charge in [0.1, 0.15) is 5.75 Å². The third-order valence-corrected chi connectivity index (χ3v) is 3.36. The summed E-state index contributed by atoms with van der Waals surface area (Å²) in [5, 5.41) is 4.71. The second-order valence-corrected chi connectivity index (χ2v) is 4.38. The van der Waals surface area contributed by atoms with E-state index in [1.54, 1.807) is 7.11 Å². The summed E-state index contributed by atoms with van der Waals surface area (Å²) < 4.78 is 5.33. The highest BCUT2D eigenvalue weighted by Gasteiger charge is 2.16. The van der Waals surface area contributed by atoms with E-state index in [9.17, 15) is 0 Å². The van der Waals surface area contributed by atoms with Gasteiger partial charge in [0.2, 0.25) is 0 Å². The summed E-state index contributed by atoms with van der Waals surface area (Å²) >= 11 is 0. The molecule has 0 amide bonds. The Morgan fingerprint density at radius 2 is 2.19 bits per heavy atom. The fourth-order valence-electron chi connectivity index (χ4n) is 2.53. The monoisotopic (exact) mass is 216 g/mol. The number of aryl methyl sites for hydroxylation is 1.